The molecular weight excluding hydrogens is 186 g/mol. The Hall–Kier alpha value is -1.77. The number of aromatic nitrogens is 1. The Balaban J connectivity index is 2.71. The second-order valence-corrected chi connectivity index (χ2v) is 3.95. The zero-order chi connectivity index (χ0) is 11.0. The van der Waals surface area contributed by atoms with Gasteiger partial charge in [-0.3, -0.25) is 4.98 Å². The number of fused-ring (bicyclic) bond motifs is 1. The third-order valence-electron chi connectivity index (χ3n) is 2.47. The molecule has 3 heteroatoms. The summed E-state index contributed by atoms with van der Waals surface area (Å²) in [6.45, 7) is 1.95. The molecule has 0 aliphatic carbocycles. The van der Waals surface area contributed by atoms with Gasteiger partial charge in [0.15, 0.2) is 0 Å². The fourth-order valence-electron chi connectivity index (χ4n) is 1.66. The van der Waals surface area contributed by atoms with Gasteiger partial charge in [-0.05, 0) is 31.2 Å². The molecule has 3 nitrogen and oxygen atoms in total. The molecular formula is C12H15N3. The molecule has 0 fully saturated rings. The average Bonchev–Trinajstić information content (AvgIpc) is 2.16. The normalized spacial score (nSPS) is 10.6. The van der Waals surface area contributed by atoms with Crippen molar-refractivity contribution in [1.29, 1.82) is 0 Å². The molecule has 0 spiro atoms. The van der Waals surface area contributed by atoms with Crippen molar-refractivity contribution < 1.29 is 0 Å². The fraction of sp³-hybridized carbons (Fsp3) is 0.250. The highest BCUT2D eigenvalue weighted by Gasteiger charge is 2.03. The SMILES string of the molecule is Cc1cc(N)c2cc(N(C)C)ccc2n1. The van der Waals surface area contributed by atoms with Gasteiger partial charge in [0.25, 0.3) is 0 Å². The molecule has 1 heterocycles. The van der Waals surface area contributed by atoms with Crippen molar-refractivity contribution in [3.63, 3.8) is 0 Å². The van der Waals surface area contributed by atoms with Crippen LogP contribution in [0.2, 0.25) is 0 Å². The monoisotopic (exact) mass is 201 g/mol. The minimum Gasteiger partial charge on any atom is -0.398 e. The van der Waals surface area contributed by atoms with Gasteiger partial charge in [-0.25, -0.2) is 0 Å². The lowest BCUT2D eigenvalue weighted by molar-refractivity contribution is 1.13. The van der Waals surface area contributed by atoms with Crippen LogP contribution in [0.15, 0.2) is 24.3 Å². The number of rotatable bonds is 1. The largest absolute Gasteiger partial charge is 0.398 e. The highest BCUT2D eigenvalue weighted by Crippen LogP contribution is 2.24. The van der Waals surface area contributed by atoms with Crippen LogP contribution in [-0.2, 0) is 0 Å². The zero-order valence-electron chi connectivity index (χ0n) is 9.28. The third kappa shape index (κ3) is 1.73. The molecule has 0 bridgehead atoms. The molecule has 0 unspecified atom stereocenters. The van der Waals surface area contributed by atoms with E-state index in [1.807, 2.05) is 39.2 Å². The molecule has 0 aliphatic rings. The lowest BCUT2D eigenvalue weighted by Crippen LogP contribution is -2.08. The van der Waals surface area contributed by atoms with Gasteiger partial charge in [-0.2, -0.15) is 0 Å². The lowest BCUT2D eigenvalue weighted by atomic mass is 10.1. The Labute approximate surface area is 89.5 Å². The van der Waals surface area contributed by atoms with E-state index in [9.17, 15) is 0 Å². The molecule has 2 N–H and O–H groups in total. The molecule has 1 aromatic heterocycles. The Morgan fingerprint density at radius 3 is 2.60 bits per heavy atom. The number of nitrogens with two attached hydrogens (primary N) is 1. The Kier molecular flexibility index (Phi) is 2.23. The predicted molar refractivity (Wildman–Crippen MR) is 65.2 cm³/mol. The van der Waals surface area contributed by atoms with E-state index >= 15 is 0 Å². The van der Waals surface area contributed by atoms with Crippen molar-refractivity contribution in [1.82, 2.24) is 4.98 Å². The molecule has 0 amide bonds. The van der Waals surface area contributed by atoms with Crippen LogP contribution in [0.1, 0.15) is 5.69 Å². The third-order valence-corrected chi connectivity index (χ3v) is 2.47. The summed E-state index contributed by atoms with van der Waals surface area (Å²) in [5.74, 6) is 0. The Morgan fingerprint density at radius 1 is 1.20 bits per heavy atom. The Morgan fingerprint density at radius 2 is 1.93 bits per heavy atom. The van der Waals surface area contributed by atoms with Crippen molar-refractivity contribution in [2.45, 2.75) is 6.92 Å². The van der Waals surface area contributed by atoms with Crippen molar-refractivity contribution in [3.05, 3.63) is 30.0 Å². The maximum Gasteiger partial charge on any atom is 0.0727 e. The molecule has 15 heavy (non-hydrogen) atoms. The minimum absolute atomic E-state index is 0.793. The first-order valence-corrected chi connectivity index (χ1v) is 4.92. The van der Waals surface area contributed by atoms with E-state index in [1.165, 1.54) is 0 Å². The molecule has 2 rings (SSSR count). The van der Waals surface area contributed by atoms with E-state index in [-0.39, 0.29) is 0 Å². The van der Waals surface area contributed by atoms with Crippen LogP contribution in [0.4, 0.5) is 11.4 Å². The summed E-state index contributed by atoms with van der Waals surface area (Å²) in [5, 5.41) is 1.02. The fourth-order valence-corrected chi connectivity index (χ4v) is 1.66. The summed E-state index contributed by atoms with van der Waals surface area (Å²) in [4.78, 5) is 6.49. The number of aryl methyl sites for hydroxylation is 1. The van der Waals surface area contributed by atoms with Gasteiger partial charge in [0.05, 0.1) is 5.52 Å². The quantitative estimate of drug-likeness (QED) is 0.769. The van der Waals surface area contributed by atoms with Crippen LogP contribution in [0, 0.1) is 6.92 Å². The van der Waals surface area contributed by atoms with Gasteiger partial charge in [-0.15, -0.1) is 0 Å². The molecule has 0 radical (unpaired) electrons. The van der Waals surface area contributed by atoms with Gasteiger partial charge < -0.3 is 10.6 Å². The predicted octanol–water partition coefficient (Wildman–Crippen LogP) is 2.19. The smallest absolute Gasteiger partial charge is 0.0727 e. The van der Waals surface area contributed by atoms with Gasteiger partial charge in [0.1, 0.15) is 0 Å². The molecule has 0 saturated heterocycles. The lowest BCUT2D eigenvalue weighted by Gasteiger charge is -2.13. The molecule has 78 valence electrons. The molecule has 0 atom stereocenters. The summed E-state index contributed by atoms with van der Waals surface area (Å²) < 4.78 is 0. The first-order chi connectivity index (χ1) is 7.08. The summed E-state index contributed by atoms with van der Waals surface area (Å²) in [7, 11) is 4.03. The summed E-state index contributed by atoms with van der Waals surface area (Å²) in [5.41, 5.74) is 9.81. The molecule has 2 aromatic rings. The number of nitrogen functional groups attached to an aromatic ring is 1. The topological polar surface area (TPSA) is 42.1 Å². The zero-order valence-corrected chi connectivity index (χ0v) is 9.28. The molecule has 1 aromatic carbocycles. The number of anilines is 2. The van der Waals surface area contributed by atoms with E-state index in [1.54, 1.807) is 0 Å². The van der Waals surface area contributed by atoms with Crippen molar-refractivity contribution >= 4 is 22.3 Å². The van der Waals surface area contributed by atoms with Crippen LogP contribution >= 0.6 is 0 Å². The number of benzene rings is 1. The number of hydrogen-bond donors (Lipinski definition) is 1. The number of pyridine rings is 1. The summed E-state index contributed by atoms with van der Waals surface area (Å²) >= 11 is 0. The standard InChI is InChI=1S/C12H15N3/c1-8-6-11(13)10-7-9(15(2)3)4-5-12(10)14-8/h4-7H,1-3H3,(H2,13,14). The highest BCUT2D eigenvalue weighted by atomic mass is 15.1. The van der Waals surface area contributed by atoms with E-state index in [4.69, 9.17) is 5.73 Å². The minimum atomic E-state index is 0.793. The van der Waals surface area contributed by atoms with Crippen molar-refractivity contribution in [2.24, 2.45) is 0 Å². The van der Waals surface area contributed by atoms with Gasteiger partial charge in [0.2, 0.25) is 0 Å². The van der Waals surface area contributed by atoms with E-state index in [2.05, 4.69) is 16.0 Å². The van der Waals surface area contributed by atoms with Gasteiger partial charge in [-0.1, -0.05) is 0 Å². The summed E-state index contributed by atoms with van der Waals surface area (Å²) in [6, 6.07) is 8.03. The second-order valence-electron chi connectivity index (χ2n) is 3.95. The van der Waals surface area contributed by atoms with E-state index in [0.29, 0.717) is 0 Å². The first kappa shape index (κ1) is 9.77. The Bertz CT molecular complexity index is 503. The second kappa shape index (κ2) is 3.42. The average molecular weight is 201 g/mol. The maximum atomic E-state index is 5.97. The van der Waals surface area contributed by atoms with Crippen LogP contribution < -0.4 is 10.6 Å². The summed E-state index contributed by atoms with van der Waals surface area (Å²) in [6.07, 6.45) is 0. The highest BCUT2D eigenvalue weighted by molar-refractivity contribution is 5.92. The van der Waals surface area contributed by atoms with E-state index < -0.39 is 0 Å². The van der Waals surface area contributed by atoms with Gasteiger partial charge >= 0.3 is 0 Å². The van der Waals surface area contributed by atoms with E-state index in [0.717, 1.165) is 28.0 Å². The van der Waals surface area contributed by atoms with Crippen molar-refractivity contribution in [2.75, 3.05) is 24.7 Å². The molecule has 0 aliphatic heterocycles. The van der Waals surface area contributed by atoms with Crippen LogP contribution in [0.3, 0.4) is 0 Å². The molecule has 0 saturated carbocycles. The number of hydrogen-bond acceptors (Lipinski definition) is 3. The van der Waals surface area contributed by atoms with Crippen LogP contribution in [-0.4, -0.2) is 19.1 Å². The first-order valence-electron chi connectivity index (χ1n) is 4.92. The number of nitrogens with zero attached hydrogens (tertiary/aromatic N) is 2. The maximum absolute atomic E-state index is 5.97. The van der Waals surface area contributed by atoms with Crippen LogP contribution in [0.5, 0.6) is 0 Å². The van der Waals surface area contributed by atoms with Crippen LogP contribution in [0.25, 0.3) is 10.9 Å². The van der Waals surface area contributed by atoms with Crippen molar-refractivity contribution in [3.8, 4) is 0 Å². The van der Waals surface area contributed by atoms with Gasteiger partial charge in [0, 0.05) is 36.6 Å².